The number of rotatable bonds is 71. The lowest BCUT2D eigenvalue weighted by Crippen LogP contribution is -2.30. The van der Waals surface area contributed by atoms with E-state index in [1.807, 2.05) is 18.2 Å². The molecule has 0 aliphatic carbocycles. The first-order chi connectivity index (χ1) is 46.7. The lowest BCUT2D eigenvalue weighted by molar-refractivity contribution is -0.161. The second kappa shape index (κ2) is 69.7. The van der Waals surface area contributed by atoms with Crippen LogP contribution in [0.2, 0.25) is 0 Å². The van der Waals surface area contributed by atoms with Crippen LogP contribution in [0.4, 0.5) is 0 Å². The third-order valence-corrected chi connectivity index (χ3v) is 17.8. The van der Waals surface area contributed by atoms with E-state index >= 15 is 0 Å². The fourth-order valence-corrected chi connectivity index (χ4v) is 11.7. The molecule has 0 rings (SSSR count). The Kier molecular flexibility index (Phi) is 67.0. The zero-order chi connectivity index (χ0) is 70.4. The fraction of sp³-hybridized carbons (Fsp3) is 0.766. The summed E-state index contributed by atoms with van der Waals surface area (Å²) < 4.78 is 68.3. The van der Waals surface area contributed by atoms with Crippen molar-refractivity contribution in [1.82, 2.24) is 0 Å². The van der Waals surface area contributed by atoms with Crippen molar-refractivity contribution in [3.63, 3.8) is 0 Å². The molecule has 556 valence electrons. The van der Waals surface area contributed by atoms with Crippen molar-refractivity contribution in [3.8, 4) is 0 Å². The maximum absolute atomic E-state index is 13.1. The first-order valence-corrected chi connectivity index (χ1v) is 40.8. The number of carbonyl (C=O) groups is 4. The zero-order valence-corrected chi connectivity index (χ0v) is 62.3. The molecule has 0 saturated heterocycles. The molecule has 0 spiro atoms. The molecule has 0 amide bonds. The van der Waals surface area contributed by atoms with Gasteiger partial charge in [-0.1, -0.05) is 305 Å². The second-order valence-electron chi connectivity index (χ2n) is 25.2. The standard InChI is InChI=1S/C77H136O17P2/c1-5-9-13-17-21-25-29-33-35-39-41-45-49-53-57-61-74(79)87-67-72(93-76(81)63-59-55-51-47-43-37-31-27-23-19-15-11-7-3)69-91-95(83,84)89-65-71(78)66-90-96(85,86)92-70-73(94-77(82)64-60-56-52-48-44-38-32-28-24-20-16-12-8-4)68-88-75(80)62-58-54-50-46-42-40-36-34-30-26-22-18-14-10-6-2/h9,13,16,20-21,25,28,32-33,35,41,45,53,57,71-73,78H,5-8,10-12,14-15,17-19,22-24,26-27,29-31,34,36-40,42-44,46-52,54-56,58-70H2,1-4H3,(H,83,84)(H,85,86)/b13-9-,20-16-,25-21-,32-28-,35-33-,45-41-,57-53-. The van der Waals surface area contributed by atoms with Gasteiger partial charge in [-0.15, -0.1) is 0 Å². The molecule has 0 aliphatic rings. The predicted molar refractivity (Wildman–Crippen MR) is 390 cm³/mol. The van der Waals surface area contributed by atoms with Crippen molar-refractivity contribution in [1.29, 1.82) is 0 Å². The lowest BCUT2D eigenvalue weighted by Gasteiger charge is -2.21. The van der Waals surface area contributed by atoms with E-state index in [-0.39, 0.29) is 25.7 Å². The van der Waals surface area contributed by atoms with E-state index in [4.69, 9.17) is 37.0 Å². The SMILES string of the molecule is CC/C=C\C/C=C\C/C=C\C/C=C\C/C=C\CC(=O)OCC(COP(=O)(O)OCC(O)COP(=O)(O)OCC(COC(=O)CCCCCCCCCCCCCCCCC)OC(=O)CCCCCCC/C=C\C/C=C\CCC)OC(=O)CCCCCCCCCCCCCCC. The molecular weight excluding hydrogens is 1260 g/mol. The number of aliphatic hydroxyl groups excluding tert-OH is 1. The van der Waals surface area contributed by atoms with Crippen LogP contribution in [0.15, 0.2) is 85.1 Å². The number of hydrogen-bond donors (Lipinski definition) is 3. The molecule has 0 aromatic rings. The van der Waals surface area contributed by atoms with Gasteiger partial charge < -0.3 is 33.8 Å². The molecule has 96 heavy (non-hydrogen) atoms. The quantitative estimate of drug-likeness (QED) is 0.0169. The normalized spacial score (nSPS) is 14.4. The third-order valence-electron chi connectivity index (χ3n) is 15.9. The van der Waals surface area contributed by atoms with Gasteiger partial charge >= 0.3 is 39.5 Å². The van der Waals surface area contributed by atoms with Gasteiger partial charge in [0.05, 0.1) is 32.8 Å². The van der Waals surface area contributed by atoms with Crippen LogP contribution in [0.25, 0.3) is 0 Å². The Morgan fingerprint density at radius 1 is 0.312 bits per heavy atom. The van der Waals surface area contributed by atoms with Crippen LogP contribution in [0.3, 0.4) is 0 Å². The highest BCUT2D eigenvalue weighted by Gasteiger charge is 2.30. The number of aliphatic hydroxyl groups is 1. The smallest absolute Gasteiger partial charge is 0.462 e. The summed E-state index contributed by atoms with van der Waals surface area (Å²) in [7, 11) is -9.96. The molecule has 5 atom stereocenters. The summed E-state index contributed by atoms with van der Waals surface area (Å²) in [4.78, 5) is 72.7. The van der Waals surface area contributed by atoms with Gasteiger partial charge in [-0.3, -0.25) is 37.3 Å². The number of phosphoric ester groups is 2. The molecule has 0 fully saturated rings. The van der Waals surface area contributed by atoms with Crippen LogP contribution < -0.4 is 0 Å². The number of hydrogen-bond acceptors (Lipinski definition) is 15. The van der Waals surface area contributed by atoms with Gasteiger partial charge in [0.2, 0.25) is 0 Å². The Hall–Kier alpha value is -3.76. The maximum Gasteiger partial charge on any atom is 0.472 e. The van der Waals surface area contributed by atoms with Gasteiger partial charge in [0.15, 0.2) is 12.2 Å². The summed E-state index contributed by atoms with van der Waals surface area (Å²) in [6, 6.07) is 0. The summed E-state index contributed by atoms with van der Waals surface area (Å²) in [6.45, 7) is 4.60. The minimum absolute atomic E-state index is 0.0678. The lowest BCUT2D eigenvalue weighted by atomic mass is 10.0. The number of ether oxygens (including phenoxy) is 4. The topological polar surface area (TPSA) is 237 Å². The maximum atomic E-state index is 13.1. The molecule has 17 nitrogen and oxygen atoms in total. The van der Waals surface area contributed by atoms with Crippen molar-refractivity contribution in [3.05, 3.63) is 85.1 Å². The third kappa shape index (κ3) is 68.8. The molecule has 0 radical (unpaired) electrons. The summed E-state index contributed by atoms with van der Waals surface area (Å²) in [6.07, 6.45) is 70.4. The molecular formula is C77H136O17P2. The minimum Gasteiger partial charge on any atom is -0.462 e. The molecule has 0 aromatic heterocycles. The van der Waals surface area contributed by atoms with Crippen LogP contribution >= 0.6 is 15.6 Å². The van der Waals surface area contributed by atoms with Crippen LogP contribution in [0.1, 0.15) is 323 Å². The zero-order valence-electron chi connectivity index (χ0n) is 60.5. The van der Waals surface area contributed by atoms with Gasteiger partial charge in [-0.2, -0.15) is 0 Å². The Labute approximate surface area is 583 Å². The van der Waals surface area contributed by atoms with Crippen molar-refractivity contribution >= 4 is 39.5 Å². The largest absolute Gasteiger partial charge is 0.472 e. The average molecular weight is 1400 g/mol. The number of carbonyl (C=O) groups excluding carboxylic acids is 4. The number of allylic oxidation sites excluding steroid dienone is 13. The molecule has 0 aliphatic heterocycles. The molecule has 0 saturated carbocycles. The number of unbranched alkanes of at least 4 members (excludes halogenated alkanes) is 32. The van der Waals surface area contributed by atoms with E-state index in [1.165, 1.54) is 122 Å². The van der Waals surface area contributed by atoms with Gasteiger partial charge in [0.25, 0.3) is 0 Å². The highest BCUT2D eigenvalue weighted by molar-refractivity contribution is 7.47. The fourth-order valence-electron chi connectivity index (χ4n) is 10.2. The summed E-state index contributed by atoms with van der Waals surface area (Å²) in [5.74, 6) is -2.32. The van der Waals surface area contributed by atoms with Crippen LogP contribution in [-0.2, 0) is 65.4 Å². The molecule has 0 heterocycles. The van der Waals surface area contributed by atoms with Crippen LogP contribution in [0, 0.1) is 0 Å². The minimum atomic E-state index is -4.99. The highest BCUT2D eigenvalue weighted by Crippen LogP contribution is 2.45. The Bertz CT molecular complexity index is 2160. The number of phosphoric acid groups is 2. The second-order valence-corrected chi connectivity index (χ2v) is 28.1. The first kappa shape index (κ1) is 92.2. The molecule has 19 heteroatoms. The van der Waals surface area contributed by atoms with E-state index in [0.717, 1.165) is 122 Å². The highest BCUT2D eigenvalue weighted by atomic mass is 31.2. The van der Waals surface area contributed by atoms with Gasteiger partial charge in [-0.05, 0) is 77.0 Å². The van der Waals surface area contributed by atoms with Crippen molar-refractivity contribution < 1.29 is 80.2 Å². The van der Waals surface area contributed by atoms with Gasteiger partial charge in [-0.25, -0.2) is 9.13 Å². The molecule has 0 bridgehead atoms. The van der Waals surface area contributed by atoms with E-state index in [2.05, 4.69) is 88.5 Å². The Balaban J connectivity index is 5.38. The Morgan fingerprint density at radius 3 is 0.969 bits per heavy atom. The van der Waals surface area contributed by atoms with E-state index in [1.54, 1.807) is 6.08 Å². The summed E-state index contributed by atoms with van der Waals surface area (Å²) >= 11 is 0. The van der Waals surface area contributed by atoms with E-state index in [0.29, 0.717) is 25.7 Å². The van der Waals surface area contributed by atoms with Crippen LogP contribution in [0.5, 0.6) is 0 Å². The molecule has 5 unspecified atom stereocenters. The predicted octanol–water partition coefficient (Wildman–Crippen LogP) is 21.4. The molecule has 3 N–H and O–H groups in total. The molecule has 0 aromatic carbocycles. The summed E-state index contributed by atoms with van der Waals surface area (Å²) in [5.41, 5.74) is 0. The van der Waals surface area contributed by atoms with Crippen molar-refractivity contribution in [2.45, 2.75) is 341 Å². The van der Waals surface area contributed by atoms with Gasteiger partial charge in [0, 0.05) is 19.3 Å². The number of esters is 4. The first-order valence-electron chi connectivity index (χ1n) is 37.8. The van der Waals surface area contributed by atoms with Crippen LogP contribution in [-0.4, -0.2) is 96.7 Å². The Morgan fingerprint density at radius 2 is 0.604 bits per heavy atom. The van der Waals surface area contributed by atoms with Crippen molar-refractivity contribution in [2.24, 2.45) is 0 Å². The van der Waals surface area contributed by atoms with E-state index in [9.17, 15) is 43.2 Å². The monoisotopic (exact) mass is 1390 g/mol. The van der Waals surface area contributed by atoms with E-state index < -0.39 is 97.5 Å². The van der Waals surface area contributed by atoms with Gasteiger partial charge in [0.1, 0.15) is 19.3 Å². The van der Waals surface area contributed by atoms with Crippen molar-refractivity contribution in [2.75, 3.05) is 39.6 Å². The average Bonchev–Trinajstić information content (AvgIpc) is 1.14. The summed E-state index contributed by atoms with van der Waals surface area (Å²) in [5, 5.41) is 10.6.